The first kappa shape index (κ1) is 13.4. The average Bonchev–Trinajstić information content (AvgIpc) is 2.02. The number of rotatable bonds is 8. The zero-order chi connectivity index (χ0) is 11.0. The second-order valence-corrected chi connectivity index (χ2v) is 3.65. The van der Waals surface area contributed by atoms with Gasteiger partial charge in [-0.3, -0.25) is 4.79 Å². The van der Waals surface area contributed by atoms with Crippen LogP contribution in [0.25, 0.3) is 0 Å². The second-order valence-electron chi connectivity index (χ2n) is 3.65. The van der Waals surface area contributed by atoms with Crippen LogP contribution in [0.3, 0.4) is 0 Å². The van der Waals surface area contributed by atoms with Crippen molar-refractivity contribution in [3.63, 3.8) is 0 Å². The smallest absolute Gasteiger partial charge is 0.317 e. The Morgan fingerprint density at radius 1 is 1.50 bits per heavy atom. The first-order valence-electron chi connectivity index (χ1n) is 4.65. The van der Waals surface area contributed by atoms with Gasteiger partial charge in [-0.05, 0) is 20.3 Å². The summed E-state index contributed by atoms with van der Waals surface area (Å²) in [7, 11) is 0. The van der Waals surface area contributed by atoms with Crippen molar-refractivity contribution in [1.82, 2.24) is 5.32 Å². The van der Waals surface area contributed by atoms with Gasteiger partial charge in [0.1, 0.15) is 0 Å². The van der Waals surface area contributed by atoms with E-state index in [0.29, 0.717) is 19.6 Å². The number of ether oxygens (including phenoxy) is 1. The number of aliphatic hydroxyl groups excluding tert-OH is 1. The molecule has 0 aromatic carbocycles. The molecule has 0 saturated heterocycles. The molecule has 0 aliphatic rings. The highest BCUT2D eigenvalue weighted by molar-refractivity contribution is 5.68. The predicted molar refractivity (Wildman–Crippen MR) is 52.2 cm³/mol. The molecule has 0 rings (SSSR count). The van der Waals surface area contributed by atoms with E-state index in [1.165, 1.54) is 0 Å². The fourth-order valence-electron chi connectivity index (χ4n) is 0.936. The molecule has 0 atom stereocenters. The Balaban J connectivity index is 3.39. The highest BCUT2D eigenvalue weighted by Crippen LogP contribution is 2.12. The van der Waals surface area contributed by atoms with Gasteiger partial charge in [-0.1, -0.05) is 0 Å². The molecule has 0 bridgehead atoms. The Morgan fingerprint density at radius 3 is 2.64 bits per heavy atom. The van der Waals surface area contributed by atoms with Crippen molar-refractivity contribution in [3.05, 3.63) is 0 Å². The Bertz CT molecular complexity index is 170. The van der Waals surface area contributed by atoms with Gasteiger partial charge in [-0.25, -0.2) is 0 Å². The lowest BCUT2D eigenvalue weighted by atomic mass is 10.1. The molecule has 0 amide bonds. The standard InChI is InChI=1S/C9H19NO4/c1-9(2,3-5-11)14-6-4-10-7-8(12)13/h10-11H,3-7H2,1-2H3,(H,12,13). The number of hydrogen-bond donors (Lipinski definition) is 3. The number of carboxylic acid groups (broad SMARTS) is 1. The van der Waals surface area contributed by atoms with Crippen molar-refractivity contribution in [1.29, 1.82) is 0 Å². The van der Waals surface area contributed by atoms with Gasteiger partial charge in [-0.15, -0.1) is 0 Å². The molecule has 0 fully saturated rings. The minimum absolute atomic E-state index is 0.0518. The Labute approximate surface area is 84.1 Å². The third-order valence-electron chi connectivity index (χ3n) is 1.76. The quantitative estimate of drug-likeness (QED) is 0.480. The molecule has 0 spiro atoms. The predicted octanol–water partition coefficient (Wildman–Crippen LogP) is -0.162. The van der Waals surface area contributed by atoms with Crippen LogP contribution in [-0.4, -0.2) is 48.1 Å². The molecule has 0 aliphatic heterocycles. The van der Waals surface area contributed by atoms with E-state index in [1.54, 1.807) is 0 Å². The number of hydrogen-bond acceptors (Lipinski definition) is 4. The minimum Gasteiger partial charge on any atom is -0.480 e. The van der Waals surface area contributed by atoms with Gasteiger partial charge in [0.2, 0.25) is 0 Å². The van der Waals surface area contributed by atoms with Gasteiger partial charge >= 0.3 is 5.97 Å². The van der Waals surface area contributed by atoms with Crippen LogP contribution in [0.15, 0.2) is 0 Å². The summed E-state index contributed by atoms with van der Waals surface area (Å²) in [6.07, 6.45) is 0.575. The first-order valence-corrected chi connectivity index (χ1v) is 4.65. The van der Waals surface area contributed by atoms with E-state index in [1.807, 2.05) is 13.8 Å². The second kappa shape index (κ2) is 6.75. The molecule has 14 heavy (non-hydrogen) atoms. The van der Waals surface area contributed by atoms with Crippen molar-refractivity contribution in [3.8, 4) is 0 Å². The maximum absolute atomic E-state index is 10.1. The number of aliphatic carboxylic acids is 1. The molecular formula is C9H19NO4. The summed E-state index contributed by atoms with van der Waals surface area (Å²) in [5, 5.41) is 19.7. The topological polar surface area (TPSA) is 78.8 Å². The molecular weight excluding hydrogens is 186 g/mol. The van der Waals surface area contributed by atoms with Gasteiger partial charge in [0.25, 0.3) is 0 Å². The van der Waals surface area contributed by atoms with E-state index in [-0.39, 0.29) is 18.8 Å². The lowest BCUT2D eigenvalue weighted by Gasteiger charge is -2.24. The van der Waals surface area contributed by atoms with E-state index in [4.69, 9.17) is 14.9 Å². The van der Waals surface area contributed by atoms with Crippen LogP contribution in [0, 0.1) is 0 Å². The van der Waals surface area contributed by atoms with Crippen molar-refractivity contribution >= 4 is 5.97 Å². The highest BCUT2D eigenvalue weighted by Gasteiger charge is 2.16. The fourth-order valence-corrected chi connectivity index (χ4v) is 0.936. The lowest BCUT2D eigenvalue weighted by Crippen LogP contribution is -2.32. The maximum Gasteiger partial charge on any atom is 0.317 e. The van der Waals surface area contributed by atoms with E-state index in [0.717, 1.165) is 0 Å². The molecule has 0 aromatic heterocycles. The maximum atomic E-state index is 10.1. The molecule has 84 valence electrons. The van der Waals surface area contributed by atoms with Crippen LogP contribution in [0.4, 0.5) is 0 Å². The van der Waals surface area contributed by atoms with Crippen LogP contribution in [0.1, 0.15) is 20.3 Å². The van der Waals surface area contributed by atoms with Crippen LogP contribution < -0.4 is 5.32 Å². The van der Waals surface area contributed by atoms with E-state index < -0.39 is 5.97 Å². The minimum atomic E-state index is -0.875. The molecule has 5 nitrogen and oxygen atoms in total. The van der Waals surface area contributed by atoms with E-state index in [2.05, 4.69) is 5.32 Å². The normalized spacial score (nSPS) is 11.6. The summed E-state index contributed by atoms with van der Waals surface area (Å²) in [6, 6.07) is 0. The molecule has 0 aliphatic carbocycles. The van der Waals surface area contributed by atoms with Gasteiger partial charge in [-0.2, -0.15) is 0 Å². The van der Waals surface area contributed by atoms with Gasteiger partial charge in [0, 0.05) is 13.2 Å². The number of carboxylic acids is 1. The van der Waals surface area contributed by atoms with Crippen molar-refractivity contribution < 1.29 is 19.7 Å². The zero-order valence-electron chi connectivity index (χ0n) is 8.75. The number of carbonyl (C=O) groups is 1. The Morgan fingerprint density at radius 2 is 2.14 bits per heavy atom. The van der Waals surface area contributed by atoms with Crippen LogP contribution >= 0.6 is 0 Å². The largest absolute Gasteiger partial charge is 0.480 e. The number of aliphatic hydroxyl groups is 1. The Kier molecular flexibility index (Phi) is 6.44. The summed E-state index contributed by atoms with van der Waals surface area (Å²) in [5.74, 6) is -0.875. The summed E-state index contributed by atoms with van der Waals surface area (Å²) < 4.78 is 5.44. The van der Waals surface area contributed by atoms with Crippen molar-refractivity contribution in [2.24, 2.45) is 0 Å². The van der Waals surface area contributed by atoms with Crippen LogP contribution in [-0.2, 0) is 9.53 Å². The molecule has 0 unspecified atom stereocenters. The number of nitrogens with one attached hydrogen (secondary N) is 1. The lowest BCUT2D eigenvalue weighted by molar-refractivity contribution is -0.136. The monoisotopic (exact) mass is 205 g/mol. The van der Waals surface area contributed by atoms with Gasteiger partial charge < -0.3 is 20.3 Å². The van der Waals surface area contributed by atoms with Gasteiger partial charge in [0.15, 0.2) is 0 Å². The summed E-state index contributed by atoms with van der Waals surface area (Å²) in [4.78, 5) is 10.1. The average molecular weight is 205 g/mol. The molecule has 0 saturated carbocycles. The SMILES string of the molecule is CC(C)(CCO)OCCNCC(=O)O. The summed E-state index contributed by atoms with van der Waals surface area (Å²) in [5.41, 5.74) is -0.348. The van der Waals surface area contributed by atoms with Gasteiger partial charge in [0.05, 0.1) is 18.8 Å². The first-order chi connectivity index (χ1) is 6.48. The highest BCUT2D eigenvalue weighted by atomic mass is 16.5. The molecule has 0 heterocycles. The van der Waals surface area contributed by atoms with Crippen LogP contribution in [0.2, 0.25) is 0 Å². The van der Waals surface area contributed by atoms with E-state index >= 15 is 0 Å². The van der Waals surface area contributed by atoms with Crippen molar-refractivity contribution in [2.75, 3.05) is 26.3 Å². The molecule has 5 heteroatoms. The van der Waals surface area contributed by atoms with Crippen molar-refractivity contribution in [2.45, 2.75) is 25.9 Å². The molecule has 0 aromatic rings. The molecule has 3 N–H and O–H groups in total. The zero-order valence-corrected chi connectivity index (χ0v) is 8.75. The van der Waals surface area contributed by atoms with Crippen LogP contribution in [0.5, 0.6) is 0 Å². The fraction of sp³-hybridized carbons (Fsp3) is 0.889. The third-order valence-corrected chi connectivity index (χ3v) is 1.76. The molecule has 0 radical (unpaired) electrons. The third kappa shape index (κ3) is 7.97. The summed E-state index contributed by atoms with van der Waals surface area (Å²) in [6.45, 7) is 4.77. The Hall–Kier alpha value is -0.650. The van der Waals surface area contributed by atoms with E-state index in [9.17, 15) is 4.79 Å². The summed E-state index contributed by atoms with van der Waals surface area (Å²) >= 11 is 0.